The summed E-state index contributed by atoms with van der Waals surface area (Å²) in [6.07, 6.45) is 6.72. The number of carbonyl (C=O) groups excluding carboxylic acids is 1. The van der Waals surface area contributed by atoms with Crippen LogP contribution in [0, 0.1) is 11.8 Å². The van der Waals surface area contributed by atoms with E-state index in [0.29, 0.717) is 12.3 Å². The standard InChI is InChI=1S/C19H31N3OS.2ClH/c23-19(6-5-16-7-9-20-10-8-16)21-13-17-3-1-11-22(14-17)15-18-4-2-12-24-18;;/h2,4,12,16-17,20H,1,3,5-11,13-15H2,(H,21,23);2*1H. The molecule has 3 rings (SSSR count). The molecule has 2 aliphatic rings. The zero-order valence-corrected chi connectivity index (χ0v) is 17.9. The van der Waals surface area contributed by atoms with Crippen molar-refractivity contribution in [3.8, 4) is 0 Å². The average molecular weight is 422 g/mol. The number of hydrogen-bond acceptors (Lipinski definition) is 4. The number of halogens is 2. The Morgan fingerprint density at radius 3 is 2.77 bits per heavy atom. The van der Waals surface area contributed by atoms with E-state index in [-0.39, 0.29) is 30.7 Å². The predicted octanol–water partition coefficient (Wildman–Crippen LogP) is 3.70. The van der Waals surface area contributed by atoms with Crippen LogP contribution in [-0.2, 0) is 11.3 Å². The zero-order valence-electron chi connectivity index (χ0n) is 15.5. The van der Waals surface area contributed by atoms with Crippen molar-refractivity contribution in [3.05, 3.63) is 22.4 Å². The lowest BCUT2D eigenvalue weighted by Gasteiger charge is -2.32. The molecule has 7 heteroatoms. The molecular formula is C19H33Cl2N3OS. The summed E-state index contributed by atoms with van der Waals surface area (Å²) in [5, 5.41) is 8.73. The minimum Gasteiger partial charge on any atom is -0.356 e. The Morgan fingerprint density at radius 2 is 2.04 bits per heavy atom. The largest absolute Gasteiger partial charge is 0.356 e. The van der Waals surface area contributed by atoms with E-state index < -0.39 is 0 Å². The summed E-state index contributed by atoms with van der Waals surface area (Å²) in [5.74, 6) is 1.61. The maximum absolute atomic E-state index is 12.1. The molecule has 0 radical (unpaired) electrons. The Kier molecular flexibility index (Phi) is 11.8. The molecular weight excluding hydrogens is 389 g/mol. The number of carbonyl (C=O) groups is 1. The maximum Gasteiger partial charge on any atom is 0.220 e. The quantitative estimate of drug-likeness (QED) is 0.704. The van der Waals surface area contributed by atoms with Crippen molar-refractivity contribution < 1.29 is 4.79 Å². The number of thiophene rings is 1. The minimum absolute atomic E-state index is 0. The molecule has 0 aliphatic carbocycles. The summed E-state index contributed by atoms with van der Waals surface area (Å²) in [6.45, 7) is 6.47. The van der Waals surface area contributed by atoms with E-state index in [0.717, 1.165) is 45.1 Å². The van der Waals surface area contributed by atoms with E-state index in [1.165, 1.54) is 37.1 Å². The first kappa shape index (κ1) is 23.7. The average Bonchev–Trinajstić information content (AvgIpc) is 3.12. The normalized spacial score (nSPS) is 21.5. The van der Waals surface area contributed by atoms with Crippen LogP contribution in [-0.4, -0.2) is 43.5 Å². The Hall–Kier alpha value is -0.330. The number of hydrogen-bond donors (Lipinski definition) is 2. The van der Waals surface area contributed by atoms with Gasteiger partial charge in [0.05, 0.1) is 0 Å². The second-order valence-electron chi connectivity index (χ2n) is 7.36. The van der Waals surface area contributed by atoms with E-state index in [9.17, 15) is 4.79 Å². The number of likely N-dealkylation sites (tertiary alicyclic amines) is 1. The molecule has 2 N–H and O–H groups in total. The fourth-order valence-corrected chi connectivity index (χ4v) is 4.68. The highest BCUT2D eigenvalue weighted by Crippen LogP contribution is 2.20. The minimum atomic E-state index is 0. The van der Waals surface area contributed by atoms with Crippen molar-refractivity contribution in [1.29, 1.82) is 0 Å². The van der Waals surface area contributed by atoms with Gasteiger partial charge in [-0.15, -0.1) is 36.2 Å². The van der Waals surface area contributed by atoms with Gasteiger partial charge in [0.1, 0.15) is 0 Å². The molecule has 2 fully saturated rings. The lowest BCUT2D eigenvalue weighted by Crippen LogP contribution is -2.40. The van der Waals surface area contributed by atoms with E-state index >= 15 is 0 Å². The summed E-state index contributed by atoms with van der Waals surface area (Å²) < 4.78 is 0. The maximum atomic E-state index is 12.1. The van der Waals surface area contributed by atoms with Gasteiger partial charge in [0.2, 0.25) is 5.91 Å². The van der Waals surface area contributed by atoms with Gasteiger partial charge in [-0.25, -0.2) is 0 Å². The van der Waals surface area contributed by atoms with Crippen molar-refractivity contribution in [2.75, 3.05) is 32.7 Å². The third-order valence-electron chi connectivity index (χ3n) is 5.39. The lowest BCUT2D eigenvalue weighted by atomic mass is 9.93. The van der Waals surface area contributed by atoms with Gasteiger partial charge in [-0.1, -0.05) is 6.07 Å². The first-order chi connectivity index (χ1) is 11.8. The van der Waals surface area contributed by atoms with E-state index in [1.807, 2.05) is 11.3 Å². The monoisotopic (exact) mass is 421 g/mol. The van der Waals surface area contributed by atoms with E-state index in [2.05, 4.69) is 33.0 Å². The highest BCUT2D eigenvalue weighted by atomic mass is 35.5. The molecule has 4 nitrogen and oxygen atoms in total. The Morgan fingerprint density at radius 1 is 1.23 bits per heavy atom. The zero-order chi connectivity index (χ0) is 16.6. The van der Waals surface area contributed by atoms with Crippen LogP contribution in [0.15, 0.2) is 17.5 Å². The number of nitrogens with one attached hydrogen (secondary N) is 2. The molecule has 150 valence electrons. The van der Waals surface area contributed by atoms with Crippen LogP contribution in [0.5, 0.6) is 0 Å². The van der Waals surface area contributed by atoms with Crippen LogP contribution in [0.1, 0.15) is 43.4 Å². The molecule has 1 unspecified atom stereocenters. The molecule has 1 aromatic rings. The summed E-state index contributed by atoms with van der Waals surface area (Å²) in [5.41, 5.74) is 0. The van der Waals surface area contributed by atoms with Gasteiger partial charge in [-0.2, -0.15) is 0 Å². The van der Waals surface area contributed by atoms with Gasteiger partial charge < -0.3 is 10.6 Å². The summed E-state index contributed by atoms with van der Waals surface area (Å²) in [7, 11) is 0. The first-order valence-corrected chi connectivity index (χ1v) is 10.4. The molecule has 26 heavy (non-hydrogen) atoms. The predicted molar refractivity (Wildman–Crippen MR) is 115 cm³/mol. The van der Waals surface area contributed by atoms with Gasteiger partial charge in [-0.05, 0) is 75.0 Å². The molecule has 0 saturated carbocycles. The highest BCUT2D eigenvalue weighted by Gasteiger charge is 2.21. The molecule has 3 heterocycles. The van der Waals surface area contributed by atoms with Crippen LogP contribution in [0.4, 0.5) is 0 Å². The second-order valence-corrected chi connectivity index (χ2v) is 8.39. The van der Waals surface area contributed by atoms with Crippen molar-refractivity contribution in [3.63, 3.8) is 0 Å². The Balaban J connectivity index is 0.00000169. The van der Waals surface area contributed by atoms with Gasteiger partial charge in [0.15, 0.2) is 0 Å². The van der Waals surface area contributed by atoms with Crippen LogP contribution in [0.25, 0.3) is 0 Å². The summed E-state index contributed by atoms with van der Waals surface area (Å²) >= 11 is 1.84. The van der Waals surface area contributed by atoms with E-state index in [4.69, 9.17) is 0 Å². The van der Waals surface area contributed by atoms with Crippen LogP contribution in [0.3, 0.4) is 0 Å². The van der Waals surface area contributed by atoms with Gasteiger partial charge >= 0.3 is 0 Å². The van der Waals surface area contributed by atoms with Crippen molar-refractivity contribution in [2.45, 2.75) is 45.1 Å². The second kappa shape index (κ2) is 12.9. The Labute approximate surface area is 174 Å². The molecule has 1 amide bonds. The molecule has 0 aromatic carbocycles. The third-order valence-corrected chi connectivity index (χ3v) is 6.25. The topological polar surface area (TPSA) is 44.4 Å². The molecule has 2 saturated heterocycles. The fourth-order valence-electron chi connectivity index (χ4n) is 3.94. The summed E-state index contributed by atoms with van der Waals surface area (Å²) in [6, 6.07) is 4.35. The summed E-state index contributed by atoms with van der Waals surface area (Å²) in [4.78, 5) is 16.1. The lowest BCUT2D eigenvalue weighted by molar-refractivity contribution is -0.121. The van der Waals surface area contributed by atoms with Crippen molar-refractivity contribution in [1.82, 2.24) is 15.5 Å². The van der Waals surface area contributed by atoms with Crippen molar-refractivity contribution >= 4 is 42.1 Å². The first-order valence-electron chi connectivity index (χ1n) is 9.52. The number of amides is 1. The van der Waals surface area contributed by atoms with E-state index in [1.54, 1.807) is 0 Å². The third kappa shape index (κ3) is 8.13. The highest BCUT2D eigenvalue weighted by molar-refractivity contribution is 7.09. The van der Waals surface area contributed by atoms with Gasteiger partial charge in [0.25, 0.3) is 0 Å². The number of nitrogens with zero attached hydrogens (tertiary/aromatic N) is 1. The smallest absolute Gasteiger partial charge is 0.220 e. The van der Waals surface area contributed by atoms with Crippen LogP contribution in [0.2, 0.25) is 0 Å². The molecule has 1 aromatic heterocycles. The molecule has 1 atom stereocenters. The van der Waals surface area contributed by atoms with Crippen molar-refractivity contribution in [2.24, 2.45) is 11.8 Å². The number of rotatable bonds is 7. The van der Waals surface area contributed by atoms with Crippen LogP contribution < -0.4 is 10.6 Å². The van der Waals surface area contributed by atoms with Gasteiger partial charge in [-0.3, -0.25) is 9.69 Å². The van der Waals surface area contributed by atoms with Crippen LogP contribution >= 0.6 is 36.2 Å². The molecule has 0 bridgehead atoms. The fraction of sp³-hybridized carbons (Fsp3) is 0.737. The Bertz CT molecular complexity index is 495. The molecule has 2 aliphatic heterocycles. The SMILES string of the molecule is Cl.Cl.O=C(CCC1CCNCC1)NCC1CCCN(Cc2cccs2)C1. The number of piperidine rings is 2. The molecule has 0 spiro atoms. The van der Waals surface area contributed by atoms with Gasteiger partial charge in [0, 0.05) is 30.9 Å².